The molecule has 0 amide bonds. The van der Waals surface area contributed by atoms with Gasteiger partial charge in [0, 0.05) is 5.46 Å². The third kappa shape index (κ3) is 1.17. The van der Waals surface area contributed by atoms with Gasteiger partial charge in [-0.05, 0) is 11.6 Å². The molecule has 0 bridgehead atoms. The zero-order chi connectivity index (χ0) is 9.42. The van der Waals surface area contributed by atoms with Gasteiger partial charge >= 0.3 is 7.12 Å². The van der Waals surface area contributed by atoms with Crippen LogP contribution in [-0.2, 0) is 11.3 Å². The van der Waals surface area contributed by atoms with Gasteiger partial charge in [-0.25, -0.2) is 0 Å². The van der Waals surface area contributed by atoms with Gasteiger partial charge in [-0.15, -0.1) is 0 Å². The second-order valence-corrected chi connectivity index (χ2v) is 2.85. The highest BCUT2D eigenvalue weighted by Gasteiger charge is 2.32. The van der Waals surface area contributed by atoms with Crippen LogP contribution in [0.2, 0.25) is 0 Å². The molecule has 0 unspecified atom stereocenters. The highest BCUT2D eigenvalue weighted by Crippen LogP contribution is 2.27. The molecule has 0 aromatic heterocycles. The lowest BCUT2D eigenvalue weighted by Crippen LogP contribution is -2.29. The summed E-state index contributed by atoms with van der Waals surface area (Å²) in [5.74, 6) is 0.313. The predicted molar refractivity (Wildman–Crippen MR) is 47.1 cm³/mol. The summed E-state index contributed by atoms with van der Waals surface area (Å²) in [5, 5.41) is 18.8. The van der Waals surface area contributed by atoms with E-state index in [4.69, 9.17) is 9.39 Å². The molecule has 1 heterocycles. The molecule has 4 nitrogen and oxygen atoms in total. The van der Waals surface area contributed by atoms with E-state index in [1.165, 1.54) is 13.2 Å². The van der Waals surface area contributed by atoms with Gasteiger partial charge in [-0.1, -0.05) is 6.07 Å². The van der Waals surface area contributed by atoms with Gasteiger partial charge in [0.05, 0.1) is 13.7 Å². The van der Waals surface area contributed by atoms with Crippen LogP contribution >= 0.6 is 0 Å². The fourth-order valence-electron chi connectivity index (χ4n) is 1.49. The minimum absolute atomic E-state index is 0.0193. The molecule has 1 aliphatic rings. The van der Waals surface area contributed by atoms with Crippen LogP contribution in [0.1, 0.15) is 5.56 Å². The zero-order valence-electron chi connectivity index (χ0n) is 7.15. The van der Waals surface area contributed by atoms with E-state index in [0.29, 0.717) is 17.8 Å². The van der Waals surface area contributed by atoms with Crippen LogP contribution < -0.4 is 10.2 Å². The second-order valence-electron chi connectivity index (χ2n) is 2.85. The van der Waals surface area contributed by atoms with Gasteiger partial charge in [0.15, 0.2) is 11.5 Å². The van der Waals surface area contributed by atoms with Crippen molar-refractivity contribution in [2.75, 3.05) is 7.11 Å². The maximum absolute atomic E-state index is 9.40. The molecule has 1 aromatic carbocycles. The highest BCUT2D eigenvalue weighted by atomic mass is 16.5. The van der Waals surface area contributed by atoms with Gasteiger partial charge in [-0.3, -0.25) is 0 Å². The highest BCUT2D eigenvalue weighted by molar-refractivity contribution is 6.62. The first-order chi connectivity index (χ1) is 6.24. The molecule has 2 N–H and O–H groups in total. The van der Waals surface area contributed by atoms with E-state index in [0.717, 1.165) is 5.56 Å². The van der Waals surface area contributed by atoms with Crippen LogP contribution in [0.5, 0.6) is 11.5 Å². The third-order valence-corrected chi connectivity index (χ3v) is 2.11. The Morgan fingerprint density at radius 3 is 3.00 bits per heavy atom. The number of phenolic OH excluding ortho intramolecular Hbond substituents is 1. The molecule has 13 heavy (non-hydrogen) atoms. The smallest absolute Gasteiger partial charge is 0.495 e. The molecule has 2 rings (SSSR count). The number of hydrogen-bond acceptors (Lipinski definition) is 4. The van der Waals surface area contributed by atoms with Gasteiger partial charge < -0.3 is 19.5 Å². The van der Waals surface area contributed by atoms with Gasteiger partial charge in [0.1, 0.15) is 0 Å². The Kier molecular flexibility index (Phi) is 1.90. The number of aromatic hydroxyl groups is 1. The van der Waals surface area contributed by atoms with Crippen molar-refractivity contribution in [2.45, 2.75) is 6.61 Å². The summed E-state index contributed by atoms with van der Waals surface area (Å²) < 4.78 is 9.95. The Morgan fingerprint density at radius 1 is 1.54 bits per heavy atom. The maximum atomic E-state index is 9.40. The number of phenols is 1. The Bertz CT molecular complexity index is 339. The number of methoxy groups -OCH3 is 1. The molecule has 0 radical (unpaired) electrons. The summed E-state index contributed by atoms with van der Waals surface area (Å²) in [6.45, 7) is 0.354. The SMILES string of the molecule is COc1c(O)ccc2c1B(O)OC2. The Hall–Kier alpha value is -1.20. The number of hydrogen-bond donors (Lipinski definition) is 2. The van der Waals surface area contributed by atoms with Crippen LogP contribution in [0, 0.1) is 0 Å². The van der Waals surface area contributed by atoms with Crippen molar-refractivity contribution in [3.63, 3.8) is 0 Å². The quantitative estimate of drug-likeness (QED) is 0.578. The number of rotatable bonds is 1. The normalized spacial score (nSPS) is 14.5. The average Bonchev–Trinajstić information content (AvgIpc) is 2.49. The van der Waals surface area contributed by atoms with Gasteiger partial charge in [0.2, 0.25) is 0 Å². The summed E-state index contributed by atoms with van der Waals surface area (Å²) in [6, 6.07) is 3.24. The molecular weight excluding hydrogens is 171 g/mol. The first kappa shape index (κ1) is 8.41. The number of ether oxygens (including phenoxy) is 1. The summed E-state index contributed by atoms with van der Waals surface area (Å²) in [5.41, 5.74) is 1.38. The molecule has 0 fully saturated rings. The lowest BCUT2D eigenvalue weighted by atomic mass is 9.78. The van der Waals surface area contributed by atoms with Crippen molar-refractivity contribution in [3.05, 3.63) is 17.7 Å². The lowest BCUT2D eigenvalue weighted by molar-refractivity contribution is 0.275. The fourth-order valence-corrected chi connectivity index (χ4v) is 1.49. The average molecular weight is 180 g/mol. The molecule has 0 saturated carbocycles. The Labute approximate surface area is 75.9 Å². The number of benzene rings is 1. The topological polar surface area (TPSA) is 58.9 Å². The Balaban J connectivity index is 2.60. The predicted octanol–water partition coefficient (Wildman–Crippen LogP) is -0.382. The van der Waals surface area contributed by atoms with Crippen LogP contribution in [0.25, 0.3) is 0 Å². The van der Waals surface area contributed by atoms with Crippen LogP contribution in [-0.4, -0.2) is 24.4 Å². The monoisotopic (exact) mass is 180 g/mol. The van der Waals surface area contributed by atoms with E-state index in [-0.39, 0.29) is 5.75 Å². The molecule has 0 spiro atoms. The van der Waals surface area contributed by atoms with Crippen LogP contribution in [0.4, 0.5) is 0 Å². The molecular formula is C8H9BO4. The van der Waals surface area contributed by atoms with Crippen LogP contribution in [0.15, 0.2) is 12.1 Å². The van der Waals surface area contributed by atoms with Crippen molar-refractivity contribution < 1.29 is 19.5 Å². The van der Waals surface area contributed by atoms with E-state index in [1.54, 1.807) is 6.07 Å². The largest absolute Gasteiger partial charge is 0.504 e. The summed E-state index contributed by atoms with van der Waals surface area (Å²) in [7, 11) is 0.456. The number of fused-ring (bicyclic) bond motifs is 1. The van der Waals surface area contributed by atoms with E-state index in [2.05, 4.69) is 0 Å². The first-order valence-electron chi connectivity index (χ1n) is 3.92. The fraction of sp³-hybridized carbons (Fsp3) is 0.250. The molecule has 0 saturated heterocycles. The first-order valence-corrected chi connectivity index (χ1v) is 3.92. The third-order valence-electron chi connectivity index (χ3n) is 2.11. The standard InChI is InChI=1S/C8H9BO4/c1-12-8-6(10)3-2-5-4-13-9(11)7(5)8/h2-3,10-11H,4H2,1H3. The molecule has 68 valence electrons. The molecule has 0 aliphatic carbocycles. The lowest BCUT2D eigenvalue weighted by Gasteiger charge is -2.08. The summed E-state index contributed by atoms with van der Waals surface area (Å²) >= 11 is 0. The minimum atomic E-state index is -0.989. The molecule has 1 aromatic rings. The van der Waals surface area contributed by atoms with Crippen molar-refractivity contribution in [2.24, 2.45) is 0 Å². The van der Waals surface area contributed by atoms with Crippen molar-refractivity contribution in [3.8, 4) is 11.5 Å². The van der Waals surface area contributed by atoms with E-state index in [9.17, 15) is 10.1 Å². The molecule has 1 aliphatic heterocycles. The summed E-state index contributed by atoms with van der Waals surface area (Å²) in [6.07, 6.45) is 0. The van der Waals surface area contributed by atoms with Crippen LogP contribution in [0.3, 0.4) is 0 Å². The van der Waals surface area contributed by atoms with E-state index < -0.39 is 7.12 Å². The van der Waals surface area contributed by atoms with Gasteiger partial charge in [-0.2, -0.15) is 0 Å². The van der Waals surface area contributed by atoms with E-state index >= 15 is 0 Å². The zero-order valence-corrected chi connectivity index (χ0v) is 7.15. The Morgan fingerprint density at radius 2 is 2.31 bits per heavy atom. The van der Waals surface area contributed by atoms with E-state index in [1.807, 2.05) is 0 Å². The minimum Gasteiger partial charge on any atom is -0.504 e. The summed E-state index contributed by atoms with van der Waals surface area (Å²) in [4.78, 5) is 0. The second kappa shape index (κ2) is 2.94. The van der Waals surface area contributed by atoms with Crippen molar-refractivity contribution in [1.29, 1.82) is 0 Å². The maximum Gasteiger partial charge on any atom is 0.495 e. The molecule has 5 heteroatoms. The van der Waals surface area contributed by atoms with Gasteiger partial charge in [0.25, 0.3) is 0 Å². The van der Waals surface area contributed by atoms with Crippen molar-refractivity contribution in [1.82, 2.24) is 0 Å². The molecule has 0 atom stereocenters. The van der Waals surface area contributed by atoms with Crippen molar-refractivity contribution >= 4 is 12.6 Å².